The third kappa shape index (κ3) is 3.11. The molecule has 0 atom stereocenters. The van der Waals surface area contributed by atoms with Crippen molar-refractivity contribution in [3.8, 4) is 0 Å². The molecule has 0 unspecified atom stereocenters. The van der Waals surface area contributed by atoms with Crippen LogP contribution in [-0.2, 0) is 9.53 Å². The van der Waals surface area contributed by atoms with Crippen molar-refractivity contribution < 1.29 is 19.1 Å². The molecule has 0 fully saturated rings. The van der Waals surface area contributed by atoms with E-state index in [0.717, 1.165) is 11.3 Å². The molecule has 1 aromatic heterocycles. The van der Waals surface area contributed by atoms with Gasteiger partial charge in [-0.2, -0.15) is 0 Å². The Kier molecular flexibility index (Phi) is 4.66. The van der Waals surface area contributed by atoms with Crippen molar-refractivity contribution in [2.24, 2.45) is 11.7 Å². The van der Waals surface area contributed by atoms with Crippen LogP contribution < -0.4 is 11.1 Å². The Balaban J connectivity index is 3.29. The normalized spacial score (nSPS) is 10.4. The lowest BCUT2D eigenvalue weighted by molar-refractivity contribution is -0.118. The summed E-state index contributed by atoms with van der Waals surface area (Å²) >= 11 is 0.976. The van der Waals surface area contributed by atoms with Crippen LogP contribution in [0.5, 0.6) is 0 Å². The molecule has 19 heavy (non-hydrogen) atoms. The van der Waals surface area contributed by atoms with Crippen LogP contribution in [0.15, 0.2) is 0 Å². The molecule has 0 aliphatic carbocycles. The van der Waals surface area contributed by atoms with E-state index in [1.165, 1.54) is 7.11 Å². The Morgan fingerprint density at radius 2 is 1.89 bits per heavy atom. The van der Waals surface area contributed by atoms with Gasteiger partial charge in [-0.3, -0.25) is 9.59 Å². The Hall–Kier alpha value is -1.89. The van der Waals surface area contributed by atoms with Gasteiger partial charge in [-0.15, -0.1) is 11.3 Å². The number of carbonyl (C=O) groups is 3. The monoisotopic (exact) mass is 284 g/mol. The molecule has 3 N–H and O–H groups in total. The molecule has 1 rings (SSSR count). The molecule has 0 aromatic carbocycles. The van der Waals surface area contributed by atoms with Gasteiger partial charge in [0.1, 0.15) is 5.00 Å². The molecule has 0 spiro atoms. The number of primary amides is 1. The average Bonchev–Trinajstić information content (AvgIpc) is 2.65. The van der Waals surface area contributed by atoms with E-state index in [0.29, 0.717) is 5.56 Å². The van der Waals surface area contributed by atoms with Crippen LogP contribution in [-0.4, -0.2) is 24.9 Å². The topological polar surface area (TPSA) is 98.5 Å². The Morgan fingerprint density at radius 1 is 1.32 bits per heavy atom. The van der Waals surface area contributed by atoms with E-state index in [2.05, 4.69) is 10.1 Å². The van der Waals surface area contributed by atoms with Crippen molar-refractivity contribution in [1.82, 2.24) is 0 Å². The van der Waals surface area contributed by atoms with Gasteiger partial charge in [-0.05, 0) is 12.5 Å². The van der Waals surface area contributed by atoms with Crippen LogP contribution in [0.2, 0.25) is 0 Å². The number of hydrogen-bond donors (Lipinski definition) is 2. The zero-order valence-electron chi connectivity index (χ0n) is 11.2. The predicted molar refractivity (Wildman–Crippen MR) is 72.4 cm³/mol. The van der Waals surface area contributed by atoms with Crippen molar-refractivity contribution in [3.63, 3.8) is 0 Å². The number of hydrogen-bond acceptors (Lipinski definition) is 5. The number of methoxy groups -OCH3 is 1. The maximum atomic E-state index is 11.7. The second kappa shape index (κ2) is 5.83. The smallest absolute Gasteiger partial charge is 0.341 e. The fourth-order valence-corrected chi connectivity index (χ4v) is 2.49. The summed E-state index contributed by atoms with van der Waals surface area (Å²) in [4.78, 5) is 34.9. The molecule has 2 amide bonds. The van der Waals surface area contributed by atoms with E-state index in [9.17, 15) is 14.4 Å². The number of nitrogens with one attached hydrogen (secondary N) is 1. The molecule has 0 saturated heterocycles. The number of nitrogens with two attached hydrogens (primary N) is 1. The molecule has 0 bridgehead atoms. The number of esters is 1. The first kappa shape index (κ1) is 15.2. The highest BCUT2D eigenvalue weighted by molar-refractivity contribution is 7.18. The van der Waals surface area contributed by atoms with E-state index in [1.54, 1.807) is 20.8 Å². The van der Waals surface area contributed by atoms with Gasteiger partial charge in [-0.1, -0.05) is 13.8 Å². The van der Waals surface area contributed by atoms with Crippen molar-refractivity contribution >= 4 is 34.1 Å². The van der Waals surface area contributed by atoms with Crippen LogP contribution in [0.3, 0.4) is 0 Å². The summed E-state index contributed by atoms with van der Waals surface area (Å²) < 4.78 is 4.66. The highest BCUT2D eigenvalue weighted by Gasteiger charge is 2.25. The van der Waals surface area contributed by atoms with Crippen LogP contribution >= 0.6 is 11.3 Å². The van der Waals surface area contributed by atoms with Crippen molar-refractivity contribution in [2.75, 3.05) is 12.4 Å². The molecule has 7 heteroatoms. The summed E-state index contributed by atoms with van der Waals surface area (Å²) in [6, 6.07) is 0. The first-order valence-corrected chi connectivity index (χ1v) is 6.43. The van der Waals surface area contributed by atoms with Crippen molar-refractivity contribution in [3.05, 3.63) is 16.0 Å². The second-order valence-corrected chi connectivity index (χ2v) is 5.28. The minimum absolute atomic E-state index is 0.176. The van der Waals surface area contributed by atoms with E-state index in [4.69, 9.17) is 5.73 Å². The summed E-state index contributed by atoms with van der Waals surface area (Å²) in [5, 5.41) is 2.90. The molecule has 0 aliphatic rings. The highest BCUT2D eigenvalue weighted by Crippen LogP contribution is 2.33. The highest BCUT2D eigenvalue weighted by atomic mass is 32.1. The van der Waals surface area contributed by atoms with Gasteiger partial charge in [0.25, 0.3) is 5.91 Å². The van der Waals surface area contributed by atoms with E-state index in [-0.39, 0.29) is 27.3 Å². The first-order valence-electron chi connectivity index (χ1n) is 5.62. The molecular weight excluding hydrogens is 268 g/mol. The van der Waals surface area contributed by atoms with Crippen LogP contribution in [0.25, 0.3) is 0 Å². The SMILES string of the molecule is COC(=O)c1c(NC(=O)C(C)C)sc(C(N)=O)c1C. The summed E-state index contributed by atoms with van der Waals surface area (Å²) in [7, 11) is 1.23. The van der Waals surface area contributed by atoms with Gasteiger partial charge in [0.15, 0.2) is 0 Å². The Morgan fingerprint density at radius 3 is 2.32 bits per heavy atom. The third-order valence-corrected chi connectivity index (χ3v) is 3.74. The van der Waals surface area contributed by atoms with E-state index >= 15 is 0 Å². The van der Waals surface area contributed by atoms with Crippen LogP contribution in [0.1, 0.15) is 39.4 Å². The van der Waals surface area contributed by atoms with Crippen LogP contribution in [0.4, 0.5) is 5.00 Å². The van der Waals surface area contributed by atoms with Gasteiger partial charge in [0.2, 0.25) is 5.91 Å². The number of thiophene rings is 1. The van der Waals surface area contributed by atoms with Gasteiger partial charge in [0, 0.05) is 5.92 Å². The lowest BCUT2D eigenvalue weighted by Gasteiger charge is -2.07. The third-order valence-electron chi connectivity index (χ3n) is 2.52. The molecule has 1 heterocycles. The standard InChI is InChI=1S/C12H16N2O4S/c1-5(2)10(16)14-11-7(12(17)18-4)6(3)8(19-11)9(13)15/h5H,1-4H3,(H2,13,15)(H,14,16). The quantitative estimate of drug-likeness (QED) is 0.819. The van der Waals surface area contributed by atoms with Gasteiger partial charge < -0.3 is 15.8 Å². The zero-order chi connectivity index (χ0) is 14.7. The molecule has 1 aromatic rings. The summed E-state index contributed by atoms with van der Waals surface area (Å²) in [6.07, 6.45) is 0. The first-order chi connectivity index (χ1) is 8.79. The maximum Gasteiger partial charge on any atom is 0.341 e. The van der Waals surface area contributed by atoms with Gasteiger partial charge in [0.05, 0.1) is 17.6 Å². The van der Waals surface area contributed by atoms with Crippen molar-refractivity contribution in [2.45, 2.75) is 20.8 Å². The number of ether oxygens (including phenoxy) is 1. The van der Waals surface area contributed by atoms with E-state index < -0.39 is 11.9 Å². The maximum absolute atomic E-state index is 11.7. The van der Waals surface area contributed by atoms with Crippen LogP contribution in [0, 0.1) is 12.8 Å². The molecule has 0 saturated carbocycles. The fraction of sp³-hybridized carbons (Fsp3) is 0.417. The molecule has 0 aliphatic heterocycles. The molecule has 104 valence electrons. The summed E-state index contributed by atoms with van der Waals surface area (Å²) in [5.41, 5.74) is 5.83. The van der Waals surface area contributed by atoms with Crippen molar-refractivity contribution in [1.29, 1.82) is 0 Å². The Labute approximate surface area is 114 Å². The molecule has 0 radical (unpaired) electrons. The van der Waals surface area contributed by atoms with Gasteiger partial charge in [-0.25, -0.2) is 4.79 Å². The largest absolute Gasteiger partial charge is 0.465 e. The lowest BCUT2D eigenvalue weighted by atomic mass is 10.1. The number of carbonyl (C=O) groups excluding carboxylic acids is 3. The van der Waals surface area contributed by atoms with Gasteiger partial charge >= 0.3 is 5.97 Å². The number of rotatable bonds is 4. The Bertz CT molecular complexity index is 534. The molecule has 6 nitrogen and oxygen atoms in total. The average molecular weight is 284 g/mol. The predicted octanol–water partition coefficient (Wildman–Crippen LogP) is 1.54. The summed E-state index contributed by atoms with van der Waals surface area (Å²) in [5.74, 6) is -1.75. The minimum atomic E-state index is -0.641. The second-order valence-electron chi connectivity index (χ2n) is 4.26. The number of amides is 2. The molecular formula is C12H16N2O4S. The minimum Gasteiger partial charge on any atom is -0.465 e. The lowest BCUT2D eigenvalue weighted by Crippen LogP contribution is -2.19. The van der Waals surface area contributed by atoms with E-state index in [1.807, 2.05) is 0 Å². The number of anilines is 1. The fourth-order valence-electron chi connectivity index (χ4n) is 1.44. The zero-order valence-corrected chi connectivity index (χ0v) is 12.0. The summed E-state index contributed by atoms with van der Waals surface area (Å²) in [6.45, 7) is 5.04.